The number of carboxylic acid groups (broad SMARTS) is 1. The zero-order valence-corrected chi connectivity index (χ0v) is 11.9. The minimum absolute atomic E-state index is 0.00262. The highest BCUT2D eigenvalue weighted by Crippen LogP contribution is 2.23. The smallest absolute Gasteiger partial charge is 0.321 e. The van der Waals surface area contributed by atoms with Crippen LogP contribution in [0.25, 0.3) is 0 Å². The summed E-state index contributed by atoms with van der Waals surface area (Å²) in [6.07, 6.45) is -1.19. The Hall–Kier alpha value is -2.52. The van der Waals surface area contributed by atoms with Crippen molar-refractivity contribution >= 4 is 23.3 Å². The number of aliphatic carboxylic acids is 1. The highest BCUT2D eigenvalue weighted by Gasteiger charge is 2.22. The summed E-state index contributed by atoms with van der Waals surface area (Å²) in [5, 5.41) is 33.8. The van der Waals surface area contributed by atoms with Gasteiger partial charge in [-0.3, -0.25) is 19.7 Å². The number of carbonyl (C=O) groups excluding carboxylic acids is 1. The molecular formula is C13H17N3O6. The van der Waals surface area contributed by atoms with Crippen molar-refractivity contribution in [2.75, 3.05) is 11.9 Å². The zero-order chi connectivity index (χ0) is 16.7. The number of rotatable bonds is 8. The summed E-state index contributed by atoms with van der Waals surface area (Å²) in [4.78, 5) is 33.1. The highest BCUT2D eigenvalue weighted by molar-refractivity contribution is 5.95. The summed E-state index contributed by atoms with van der Waals surface area (Å²) in [6.45, 7) is 1.48. The van der Waals surface area contributed by atoms with Crippen LogP contribution in [0.4, 0.5) is 11.4 Å². The summed E-state index contributed by atoms with van der Waals surface area (Å²) < 4.78 is 0. The predicted octanol–water partition coefficient (Wildman–Crippen LogP) is 0.347. The van der Waals surface area contributed by atoms with Crippen LogP contribution in [0.1, 0.15) is 13.3 Å². The number of nitro benzene ring substituents is 1. The molecule has 9 heteroatoms. The van der Waals surface area contributed by atoms with Crippen molar-refractivity contribution in [3.05, 3.63) is 34.4 Å². The van der Waals surface area contributed by atoms with Gasteiger partial charge in [0.15, 0.2) is 0 Å². The molecule has 0 fully saturated rings. The molecule has 0 spiro atoms. The number of aliphatic hydroxyl groups is 1. The fraction of sp³-hybridized carbons (Fsp3) is 0.385. The van der Waals surface area contributed by atoms with Gasteiger partial charge < -0.3 is 20.8 Å². The van der Waals surface area contributed by atoms with Gasteiger partial charge in [-0.05, 0) is 13.0 Å². The molecule has 0 aliphatic rings. The van der Waals surface area contributed by atoms with Crippen LogP contribution in [0.15, 0.2) is 24.3 Å². The molecule has 0 aliphatic carbocycles. The molecule has 120 valence electrons. The zero-order valence-electron chi connectivity index (χ0n) is 11.9. The highest BCUT2D eigenvalue weighted by atomic mass is 16.6. The van der Waals surface area contributed by atoms with Crippen LogP contribution in [0, 0.1) is 10.1 Å². The van der Waals surface area contributed by atoms with E-state index in [2.05, 4.69) is 10.6 Å². The summed E-state index contributed by atoms with van der Waals surface area (Å²) in [5.74, 6) is -1.93. The summed E-state index contributed by atoms with van der Waals surface area (Å²) in [7, 11) is 0. The number of nitro groups is 1. The van der Waals surface area contributed by atoms with Crippen LogP contribution in [0.3, 0.4) is 0 Å². The molecule has 1 amide bonds. The minimum Gasteiger partial charge on any atom is -0.480 e. The lowest BCUT2D eigenvalue weighted by Gasteiger charge is -2.15. The number of anilines is 1. The van der Waals surface area contributed by atoms with Crippen LogP contribution < -0.4 is 10.6 Å². The Morgan fingerprint density at radius 1 is 1.36 bits per heavy atom. The van der Waals surface area contributed by atoms with Gasteiger partial charge in [0, 0.05) is 12.6 Å². The van der Waals surface area contributed by atoms with Gasteiger partial charge in [0.2, 0.25) is 5.91 Å². The van der Waals surface area contributed by atoms with Crippen molar-refractivity contribution in [2.24, 2.45) is 0 Å². The first-order chi connectivity index (χ1) is 10.3. The molecule has 0 aliphatic heterocycles. The number of amides is 1. The molecule has 4 N–H and O–H groups in total. The van der Waals surface area contributed by atoms with E-state index in [4.69, 9.17) is 10.2 Å². The molecule has 9 nitrogen and oxygen atoms in total. The third kappa shape index (κ3) is 5.46. The molecule has 2 atom stereocenters. The molecule has 0 heterocycles. The normalized spacial score (nSPS) is 13.2. The van der Waals surface area contributed by atoms with Crippen LogP contribution in [0.5, 0.6) is 0 Å². The number of nitrogens with one attached hydrogen (secondary N) is 2. The fourth-order valence-electron chi connectivity index (χ4n) is 1.68. The second-order valence-electron chi connectivity index (χ2n) is 4.67. The van der Waals surface area contributed by atoms with Gasteiger partial charge >= 0.3 is 5.97 Å². The standard InChI is InChI=1S/C13H17N3O6/c1-8(17)7-14-10(13(19)20)6-12(18)15-9-4-2-3-5-11(9)16(21)22/h2-5,8,10,14,17H,6-7H2,1H3,(H,15,18)(H,19,20). The van der Waals surface area contributed by atoms with Gasteiger partial charge in [0.05, 0.1) is 17.4 Å². The number of carbonyl (C=O) groups is 2. The largest absolute Gasteiger partial charge is 0.480 e. The van der Waals surface area contributed by atoms with Crippen molar-refractivity contribution in [3.63, 3.8) is 0 Å². The number of hydrogen-bond donors (Lipinski definition) is 4. The van der Waals surface area contributed by atoms with Crippen molar-refractivity contribution < 1.29 is 24.7 Å². The topological polar surface area (TPSA) is 142 Å². The minimum atomic E-state index is -1.25. The van der Waals surface area contributed by atoms with Crippen LogP contribution >= 0.6 is 0 Å². The van der Waals surface area contributed by atoms with Crippen molar-refractivity contribution in [1.29, 1.82) is 0 Å². The maximum absolute atomic E-state index is 11.8. The molecule has 1 rings (SSSR count). The van der Waals surface area contributed by atoms with Crippen LogP contribution in [0.2, 0.25) is 0 Å². The van der Waals surface area contributed by atoms with E-state index in [1.165, 1.54) is 31.2 Å². The third-order valence-corrected chi connectivity index (χ3v) is 2.72. The number of para-hydroxylation sites is 2. The molecule has 0 aromatic heterocycles. The lowest BCUT2D eigenvalue weighted by molar-refractivity contribution is -0.383. The Labute approximate surface area is 126 Å². The van der Waals surface area contributed by atoms with Gasteiger partial charge in [-0.2, -0.15) is 0 Å². The predicted molar refractivity (Wildman–Crippen MR) is 77.5 cm³/mol. The number of nitrogens with zero attached hydrogens (tertiary/aromatic N) is 1. The SMILES string of the molecule is CC(O)CNC(CC(=O)Nc1ccccc1[N+](=O)[O-])C(=O)O. The van der Waals surface area contributed by atoms with Crippen LogP contribution in [-0.4, -0.2) is 45.7 Å². The molecule has 0 radical (unpaired) electrons. The first-order valence-corrected chi connectivity index (χ1v) is 6.48. The van der Waals surface area contributed by atoms with Gasteiger partial charge in [-0.1, -0.05) is 12.1 Å². The number of aliphatic hydroxyl groups excluding tert-OH is 1. The number of benzene rings is 1. The average molecular weight is 311 g/mol. The first-order valence-electron chi connectivity index (χ1n) is 6.48. The van der Waals surface area contributed by atoms with Gasteiger partial charge in [-0.25, -0.2) is 0 Å². The average Bonchev–Trinajstić information content (AvgIpc) is 2.43. The second kappa shape index (κ2) is 8.05. The van der Waals surface area contributed by atoms with E-state index < -0.39 is 35.4 Å². The molecule has 0 bridgehead atoms. The monoisotopic (exact) mass is 311 g/mol. The molecule has 1 aromatic rings. The molecular weight excluding hydrogens is 294 g/mol. The number of carboxylic acids is 1. The summed E-state index contributed by atoms with van der Waals surface area (Å²) in [5.41, 5.74) is -0.281. The second-order valence-corrected chi connectivity index (χ2v) is 4.67. The Bertz CT molecular complexity index is 560. The van der Waals surface area contributed by atoms with Crippen molar-refractivity contribution in [2.45, 2.75) is 25.5 Å². The quantitative estimate of drug-likeness (QED) is 0.400. The summed E-state index contributed by atoms with van der Waals surface area (Å²) >= 11 is 0. The fourth-order valence-corrected chi connectivity index (χ4v) is 1.68. The van der Waals surface area contributed by atoms with Crippen molar-refractivity contribution in [3.8, 4) is 0 Å². The van der Waals surface area contributed by atoms with Gasteiger partial charge in [-0.15, -0.1) is 0 Å². The van der Waals surface area contributed by atoms with E-state index in [1.807, 2.05) is 0 Å². The maximum Gasteiger partial charge on any atom is 0.321 e. The van der Waals surface area contributed by atoms with Crippen LogP contribution in [-0.2, 0) is 9.59 Å². The summed E-state index contributed by atoms with van der Waals surface area (Å²) in [6, 6.07) is 4.36. The lowest BCUT2D eigenvalue weighted by atomic mass is 10.2. The van der Waals surface area contributed by atoms with Gasteiger partial charge in [0.1, 0.15) is 11.7 Å². The van der Waals surface area contributed by atoms with E-state index in [0.717, 1.165) is 0 Å². The van der Waals surface area contributed by atoms with E-state index >= 15 is 0 Å². The van der Waals surface area contributed by atoms with E-state index in [-0.39, 0.29) is 17.9 Å². The van der Waals surface area contributed by atoms with E-state index in [1.54, 1.807) is 0 Å². The molecule has 2 unspecified atom stereocenters. The van der Waals surface area contributed by atoms with Gasteiger partial charge in [0.25, 0.3) is 5.69 Å². The number of hydrogen-bond acceptors (Lipinski definition) is 6. The molecule has 0 saturated carbocycles. The molecule has 1 aromatic carbocycles. The van der Waals surface area contributed by atoms with E-state index in [9.17, 15) is 19.7 Å². The van der Waals surface area contributed by atoms with Crippen molar-refractivity contribution in [1.82, 2.24) is 5.32 Å². The Balaban J connectivity index is 2.72. The van der Waals surface area contributed by atoms with E-state index in [0.29, 0.717) is 0 Å². The molecule has 22 heavy (non-hydrogen) atoms. The Morgan fingerprint density at radius 3 is 2.55 bits per heavy atom. The lowest BCUT2D eigenvalue weighted by Crippen LogP contribution is -2.42. The molecule has 0 saturated heterocycles. The third-order valence-electron chi connectivity index (χ3n) is 2.72. The Morgan fingerprint density at radius 2 is 2.00 bits per heavy atom. The maximum atomic E-state index is 11.8. The first kappa shape index (κ1) is 17.5. The Kier molecular flexibility index (Phi) is 6.42.